The summed E-state index contributed by atoms with van der Waals surface area (Å²) >= 11 is 0. The Morgan fingerprint density at radius 2 is 1.95 bits per heavy atom. The highest BCUT2D eigenvalue weighted by Gasteiger charge is 2.24. The number of carbonyl (C=O) groups excluding carboxylic acids is 3. The summed E-state index contributed by atoms with van der Waals surface area (Å²) in [5.41, 5.74) is 1.95. The number of carboxylic acids is 1. The smallest absolute Gasteiger partial charge is 0.409 e. The lowest BCUT2D eigenvalue weighted by atomic mass is 10.0. The summed E-state index contributed by atoms with van der Waals surface area (Å²) in [4.78, 5) is 56.8. The maximum absolute atomic E-state index is 13.2. The first-order chi connectivity index (χ1) is 18.3. The van der Waals surface area contributed by atoms with E-state index in [1.807, 2.05) is 11.8 Å². The number of carboxylic acid groups (broad SMARTS) is 1. The molecule has 0 bridgehead atoms. The zero-order valence-electron chi connectivity index (χ0n) is 21.6. The van der Waals surface area contributed by atoms with Gasteiger partial charge in [0.05, 0.1) is 30.9 Å². The van der Waals surface area contributed by atoms with Crippen LogP contribution in [0.2, 0.25) is 0 Å². The molecule has 204 valence electrons. The molecule has 12 nitrogen and oxygen atoms in total. The quantitative estimate of drug-likeness (QED) is 0.389. The van der Waals surface area contributed by atoms with Gasteiger partial charge in [0.15, 0.2) is 0 Å². The van der Waals surface area contributed by atoms with Crippen LogP contribution in [0.5, 0.6) is 0 Å². The molecule has 0 radical (unpaired) electrons. The lowest BCUT2D eigenvalue weighted by Gasteiger charge is -2.26. The van der Waals surface area contributed by atoms with Crippen molar-refractivity contribution in [3.8, 4) is 0 Å². The number of hydrogen-bond acceptors (Lipinski definition) is 7. The summed E-state index contributed by atoms with van der Waals surface area (Å²) in [6, 6.07) is 7.12. The lowest BCUT2D eigenvalue weighted by Crippen LogP contribution is -2.35. The number of nitrogens with zero attached hydrogens (tertiary/aromatic N) is 3. The van der Waals surface area contributed by atoms with Gasteiger partial charge in [0.2, 0.25) is 0 Å². The van der Waals surface area contributed by atoms with Crippen molar-refractivity contribution >= 4 is 35.4 Å². The average Bonchev–Trinajstić information content (AvgIpc) is 3.17. The van der Waals surface area contributed by atoms with Crippen molar-refractivity contribution in [2.24, 2.45) is 0 Å². The molecule has 1 aromatic carbocycles. The maximum Gasteiger partial charge on any atom is 0.409 e. The number of anilines is 2. The number of ether oxygens (including phenoxy) is 1. The molecule has 2 heterocycles. The van der Waals surface area contributed by atoms with E-state index in [9.17, 15) is 24.3 Å². The molecule has 12 heteroatoms. The highest BCUT2D eigenvalue weighted by Crippen LogP contribution is 2.29. The number of benzene rings is 1. The molecule has 4 N–H and O–H groups in total. The van der Waals surface area contributed by atoms with E-state index in [2.05, 4.69) is 20.9 Å². The van der Waals surface area contributed by atoms with E-state index in [1.165, 1.54) is 13.3 Å². The molecular formula is C26H34N6O6. The minimum atomic E-state index is -1.06. The van der Waals surface area contributed by atoms with Crippen LogP contribution in [-0.4, -0.2) is 78.8 Å². The molecule has 38 heavy (non-hydrogen) atoms. The first kappa shape index (κ1) is 28.2. The normalized spacial score (nSPS) is 14.2. The number of rotatable bonds is 9. The second-order valence-corrected chi connectivity index (χ2v) is 8.82. The van der Waals surface area contributed by atoms with Gasteiger partial charge in [0, 0.05) is 50.7 Å². The van der Waals surface area contributed by atoms with E-state index in [1.54, 1.807) is 41.4 Å². The van der Waals surface area contributed by atoms with Gasteiger partial charge in [-0.3, -0.25) is 14.6 Å². The number of urea groups is 1. The molecule has 1 fully saturated rings. The number of nitrogens with one attached hydrogen (secondary N) is 3. The van der Waals surface area contributed by atoms with Crippen LogP contribution in [-0.2, 0) is 9.53 Å². The van der Waals surface area contributed by atoms with Crippen LogP contribution >= 0.6 is 0 Å². The number of aliphatic carboxylic acids is 1. The zero-order chi connectivity index (χ0) is 27.5. The Labute approximate surface area is 221 Å². The Balaban J connectivity index is 1.86. The molecule has 1 aromatic heterocycles. The Morgan fingerprint density at radius 3 is 2.63 bits per heavy atom. The summed E-state index contributed by atoms with van der Waals surface area (Å²) in [6.45, 7) is 4.55. The third-order valence-electron chi connectivity index (χ3n) is 6.08. The van der Waals surface area contributed by atoms with Gasteiger partial charge in [-0.1, -0.05) is 13.0 Å². The lowest BCUT2D eigenvalue weighted by molar-refractivity contribution is -0.137. The van der Waals surface area contributed by atoms with Crippen molar-refractivity contribution in [1.82, 2.24) is 20.5 Å². The van der Waals surface area contributed by atoms with Crippen molar-refractivity contribution < 1.29 is 29.0 Å². The van der Waals surface area contributed by atoms with Crippen molar-refractivity contribution in [2.45, 2.75) is 32.2 Å². The molecule has 4 amide bonds. The van der Waals surface area contributed by atoms with Crippen LogP contribution in [0.15, 0.2) is 42.7 Å². The maximum atomic E-state index is 13.2. The van der Waals surface area contributed by atoms with Gasteiger partial charge in [-0.05, 0) is 42.7 Å². The van der Waals surface area contributed by atoms with Crippen LogP contribution in [0.3, 0.4) is 0 Å². The number of hydrogen-bond donors (Lipinski definition) is 4. The predicted molar refractivity (Wildman–Crippen MR) is 141 cm³/mol. The van der Waals surface area contributed by atoms with Crippen LogP contribution in [0, 0.1) is 0 Å². The van der Waals surface area contributed by atoms with Gasteiger partial charge in [0.1, 0.15) is 0 Å². The minimum Gasteiger partial charge on any atom is -0.481 e. The van der Waals surface area contributed by atoms with Crippen LogP contribution in [0.25, 0.3) is 0 Å². The van der Waals surface area contributed by atoms with E-state index in [0.29, 0.717) is 56.1 Å². The van der Waals surface area contributed by atoms with Crippen LogP contribution in [0.1, 0.15) is 48.1 Å². The monoisotopic (exact) mass is 526 g/mol. The highest BCUT2D eigenvalue weighted by atomic mass is 16.5. The van der Waals surface area contributed by atoms with Gasteiger partial charge >= 0.3 is 18.1 Å². The molecule has 3 rings (SSSR count). The molecule has 1 aliphatic heterocycles. The second kappa shape index (κ2) is 13.8. The number of carbonyl (C=O) groups is 4. The Hall–Kier alpha value is -4.35. The van der Waals surface area contributed by atoms with Gasteiger partial charge in [0.25, 0.3) is 5.91 Å². The van der Waals surface area contributed by atoms with E-state index in [4.69, 9.17) is 4.74 Å². The minimum absolute atomic E-state index is 0.254. The summed E-state index contributed by atoms with van der Waals surface area (Å²) in [7, 11) is 1.35. The van der Waals surface area contributed by atoms with Crippen molar-refractivity contribution in [3.63, 3.8) is 0 Å². The molecule has 2 aromatic rings. The number of pyridine rings is 1. The van der Waals surface area contributed by atoms with Crippen molar-refractivity contribution in [2.75, 3.05) is 50.1 Å². The number of amides is 4. The fraction of sp³-hybridized carbons (Fsp3) is 0.423. The SMILES string of the molecule is CCCNC(=O)Nc1cc(C(=O)NC(CC(=O)O)c2cccnc2)ccc1N1CCCN(C(=O)OC)CC1. The Bertz CT molecular complexity index is 1130. The van der Waals surface area contributed by atoms with Crippen LogP contribution < -0.4 is 20.9 Å². The summed E-state index contributed by atoms with van der Waals surface area (Å²) in [5.74, 6) is -1.55. The molecule has 1 aliphatic rings. The molecule has 0 spiro atoms. The third kappa shape index (κ3) is 7.82. The largest absolute Gasteiger partial charge is 0.481 e. The first-order valence-electron chi connectivity index (χ1n) is 12.5. The summed E-state index contributed by atoms with van der Waals surface area (Å²) < 4.78 is 4.85. The van der Waals surface area contributed by atoms with Gasteiger partial charge in [-0.15, -0.1) is 0 Å². The molecular weight excluding hydrogens is 492 g/mol. The van der Waals surface area contributed by atoms with Gasteiger partial charge < -0.3 is 35.6 Å². The van der Waals surface area contributed by atoms with Crippen LogP contribution in [0.4, 0.5) is 21.0 Å². The molecule has 1 atom stereocenters. The zero-order valence-corrected chi connectivity index (χ0v) is 21.6. The van der Waals surface area contributed by atoms with E-state index in [-0.39, 0.29) is 18.1 Å². The Morgan fingerprint density at radius 1 is 1.13 bits per heavy atom. The number of aromatic nitrogens is 1. The van der Waals surface area contributed by atoms with E-state index < -0.39 is 23.9 Å². The van der Waals surface area contributed by atoms with E-state index >= 15 is 0 Å². The van der Waals surface area contributed by atoms with E-state index in [0.717, 1.165) is 6.42 Å². The topological polar surface area (TPSA) is 153 Å². The number of methoxy groups -OCH3 is 1. The van der Waals surface area contributed by atoms with Gasteiger partial charge in [-0.2, -0.15) is 0 Å². The molecule has 0 saturated carbocycles. The van der Waals surface area contributed by atoms with Gasteiger partial charge in [-0.25, -0.2) is 9.59 Å². The molecule has 1 saturated heterocycles. The molecule has 0 aliphatic carbocycles. The molecule has 1 unspecified atom stereocenters. The highest BCUT2D eigenvalue weighted by molar-refractivity contribution is 6.00. The van der Waals surface area contributed by atoms with Crippen molar-refractivity contribution in [1.29, 1.82) is 0 Å². The van der Waals surface area contributed by atoms with Crippen molar-refractivity contribution in [3.05, 3.63) is 53.9 Å². The fourth-order valence-corrected chi connectivity index (χ4v) is 4.18. The second-order valence-electron chi connectivity index (χ2n) is 8.82. The predicted octanol–water partition coefficient (Wildman–Crippen LogP) is 2.84. The summed E-state index contributed by atoms with van der Waals surface area (Å²) in [5, 5.41) is 17.7. The Kier molecular flexibility index (Phi) is 10.3. The fourth-order valence-electron chi connectivity index (χ4n) is 4.18. The third-order valence-corrected chi connectivity index (χ3v) is 6.08. The summed E-state index contributed by atoms with van der Waals surface area (Å²) in [6.07, 6.45) is 3.83. The first-order valence-corrected chi connectivity index (χ1v) is 12.5. The standard InChI is InChI=1S/C26H34N6O6/c1-3-9-28-25(36)30-21-15-18(24(35)29-20(16-23(33)34)19-6-4-10-27-17-19)7-8-22(21)31-11-5-12-32(14-13-31)26(37)38-2/h4,6-8,10,15,17,20H,3,5,9,11-14,16H2,1-2H3,(H,29,35)(H,33,34)(H2,28,30,36). The average molecular weight is 527 g/mol.